The van der Waals surface area contributed by atoms with E-state index in [1.54, 1.807) is 24.5 Å². The second-order valence-corrected chi connectivity index (χ2v) is 12.7. The van der Waals surface area contributed by atoms with Crippen LogP contribution in [0.1, 0.15) is 73.6 Å². The summed E-state index contributed by atoms with van der Waals surface area (Å²) in [6.45, 7) is -0.183. The second kappa shape index (κ2) is 16.1. The van der Waals surface area contributed by atoms with Crippen LogP contribution < -0.4 is 15.5 Å². The van der Waals surface area contributed by atoms with Gasteiger partial charge in [-0.3, -0.25) is 0 Å². The number of nitrogen functional groups attached to an aromatic ring is 1. The van der Waals surface area contributed by atoms with E-state index in [1.165, 1.54) is 0 Å². The van der Waals surface area contributed by atoms with E-state index in [9.17, 15) is 25.5 Å². The van der Waals surface area contributed by atoms with Gasteiger partial charge in [-0.05, 0) is 79.8 Å². The van der Waals surface area contributed by atoms with Crippen molar-refractivity contribution in [1.29, 1.82) is 0 Å². The highest BCUT2D eigenvalue weighted by Gasteiger charge is 2.36. The summed E-state index contributed by atoms with van der Waals surface area (Å²) in [6, 6.07) is 12.7. The van der Waals surface area contributed by atoms with Crippen molar-refractivity contribution in [2.24, 2.45) is 17.8 Å². The number of aromatic hydroxyl groups is 1. The van der Waals surface area contributed by atoms with Crippen molar-refractivity contribution in [2.45, 2.75) is 81.5 Å². The number of aliphatic hydroxyl groups excluding tert-OH is 4. The lowest BCUT2D eigenvalue weighted by Gasteiger charge is -2.31. The molecule has 9 nitrogen and oxygen atoms in total. The van der Waals surface area contributed by atoms with Gasteiger partial charge in [0, 0.05) is 36.5 Å². The zero-order valence-corrected chi connectivity index (χ0v) is 26.2. The predicted octanol–water partition coefficient (Wildman–Crippen LogP) is 4.06. The third-order valence-electron chi connectivity index (χ3n) is 9.39. The van der Waals surface area contributed by atoms with Crippen LogP contribution in [0.15, 0.2) is 67.0 Å². The van der Waals surface area contributed by atoms with Gasteiger partial charge in [0.1, 0.15) is 11.9 Å². The molecule has 0 radical (unpaired) electrons. The molecule has 2 aliphatic carbocycles. The summed E-state index contributed by atoms with van der Waals surface area (Å²) in [5.41, 5.74) is 8.69. The minimum absolute atomic E-state index is 0.0480. The molecule has 0 fully saturated rings. The maximum Gasteiger partial charge on any atom is 0.161 e. The molecule has 46 heavy (non-hydrogen) atoms. The maximum atomic E-state index is 11.4. The van der Waals surface area contributed by atoms with Gasteiger partial charge < -0.3 is 41.0 Å². The first-order chi connectivity index (χ1) is 22.3. The quantitative estimate of drug-likeness (QED) is 0.136. The summed E-state index contributed by atoms with van der Waals surface area (Å²) in [5, 5.41) is 53.2. The highest BCUT2D eigenvalue weighted by Crippen LogP contribution is 2.39. The maximum absolute atomic E-state index is 11.4. The number of nitrogens with zero attached hydrogens (tertiary/aromatic N) is 2. The van der Waals surface area contributed by atoms with Crippen molar-refractivity contribution >= 4 is 5.82 Å². The van der Waals surface area contributed by atoms with Crippen LogP contribution in [0.25, 0.3) is 0 Å². The van der Waals surface area contributed by atoms with Crippen LogP contribution in [0.2, 0.25) is 0 Å². The summed E-state index contributed by atoms with van der Waals surface area (Å²) >= 11 is 0. The van der Waals surface area contributed by atoms with Crippen LogP contribution in [0.5, 0.6) is 11.5 Å². The van der Waals surface area contributed by atoms with E-state index in [4.69, 9.17) is 10.5 Å². The first kappa shape index (κ1) is 33.6. The number of benzene rings is 1. The Labute approximate surface area is 271 Å². The normalized spacial score (nSPS) is 26.2. The fourth-order valence-electron chi connectivity index (χ4n) is 6.88. The number of rotatable bonds is 11. The van der Waals surface area contributed by atoms with Crippen LogP contribution in [-0.4, -0.2) is 62.0 Å². The number of pyridine rings is 1. The minimum atomic E-state index is -0.799. The number of allylic oxidation sites excluding steroid dienone is 2. The fourth-order valence-corrected chi connectivity index (χ4v) is 6.88. The Hall–Kier alpha value is -3.81. The lowest BCUT2D eigenvalue weighted by molar-refractivity contribution is -0.00709. The topological polar surface area (TPSA) is 163 Å². The van der Waals surface area contributed by atoms with E-state index in [-0.39, 0.29) is 48.4 Å². The smallest absolute Gasteiger partial charge is 0.161 e. The highest BCUT2D eigenvalue weighted by atomic mass is 16.5. The number of aromatic nitrogens is 2. The van der Waals surface area contributed by atoms with Crippen molar-refractivity contribution in [3.05, 3.63) is 83.8 Å². The lowest BCUT2D eigenvalue weighted by Crippen LogP contribution is -2.36. The third-order valence-corrected chi connectivity index (χ3v) is 9.39. The number of phenolic OH excluding ortho intramolecular Hbond substituents is 1. The molecule has 0 saturated carbocycles. The van der Waals surface area contributed by atoms with Crippen molar-refractivity contribution in [3.63, 3.8) is 0 Å². The number of ether oxygens (including phenoxy) is 1. The van der Waals surface area contributed by atoms with Crippen LogP contribution in [-0.2, 0) is 6.42 Å². The van der Waals surface area contributed by atoms with Crippen molar-refractivity contribution in [2.75, 3.05) is 18.9 Å². The number of anilines is 1. The van der Waals surface area contributed by atoms with Gasteiger partial charge in [0.05, 0.1) is 18.8 Å². The Bertz CT molecular complexity index is 1480. The van der Waals surface area contributed by atoms with Crippen molar-refractivity contribution < 1.29 is 30.3 Å². The molecule has 0 spiro atoms. The van der Waals surface area contributed by atoms with Crippen LogP contribution >= 0.6 is 0 Å². The average molecular weight is 629 g/mol. The zero-order chi connectivity index (χ0) is 32.5. The molecule has 9 heteroatoms. The predicted molar refractivity (Wildman–Crippen MR) is 176 cm³/mol. The molecule has 1 aromatic carbocycles. The molecule has 0 saturated heterocycles. The summed E-state index contributed by atoms with van der Waals surface area (Å²) in [7, 11) is 0. The van der Waals surface area contributed by atoms with Gasteiger partial charge in [-0.25, -0.2) is 4.98 Å². The van der Waals surface area contributed by atoms with E-state index in [1.807, 2.05) is 42.5 Å². The number of nitrogens with two attached hydrogens (primary N) is 1. The molecular formula is C37H46N3O6-. The largest absolute Gasteiger partial charge is 0.668 e. The van der Waals surface area contributed by atoms with E-state index in [0.29, 0.717) is 37.9 Å². The van der Waals surface area contributed by atoms with Crippen LogP contribution in [0, 0.1) is 29.6 Å². The van der Waals surface area contributed by atoms with E-state index in [0.717, 1.165) is 36.1 Å². The molecule has 3 aromatic rings. The summed E-state index contributed by atoms with van der Waals surface area (Å²) < 4.78 is 6.26. The molecule has 2 aliphatic rings. The second-order valence-electron chi connectivity index (χ2n) is 12.7. The van der Waals surface area contributed by atoms with E-state index < -0.39 is 24.2 Å². The molecular weight excluding hydrogens is 582 g/mol. The molecule has 2 heterocycles. The van der Waals surface area contributed by atoms with Gasteiger partial charge in [-0.2, -0.15) is 11.9 Å². The van der Waals surface area contributed by atoms with Gasteiger partial charge in [0.25, 0.3) is 0 Å². The first-order valence-electron chi connectivity index (χ1n) is 16.4. The molecule has 246 valence electrons. The standard InChI is InChI=1S/C37H46N3O6/c38-36-22-28(13-16-40-36)29(18-30-5-3-15-39-30)19-31(23-42)46-35-21-27(11-12-32(35)43)26-10-9-25-8-7-24(14-17-41)4-1-2-6-33(44)37(25)34(45)20-26/h3,5,9-13,15-16,21-22,24-26,29,31,33-34,37,41-45H,1-2,4,6,14,17-20,23H2,(H2,38,40)/q-1. The molecule has 0 aliphatic heterocycles. The van der Waals surface area contributed by atoms with Gasteiger partial charge >= 0.3 is 0 Å². The Morgan fingerprint density at radius 3 is 2.63 bits per heavy atom. The Balaban J connectivity index is 1.36. The lowest BCUT2D eigenvalue weighted by atomic mass is 9.79. The number of hydrogen-bond acceptors (Lipinski definition) is 8. The molecule has 7 N–H and O–H groups in total. The monoisotopic (exact) mass is 628 g/mol. The first-order valence-corrected chi connectivity index (χ1v) is 16.4. The SMILES string of the molecule is Nc1cc(C(Cc2ccc[n-]2)CC(CO)Oc2cc(C3C=CC4C#CC(CCO)CCCCC(O)C4C(O)C3)ccc2O)ccn1. The van der Waals surface area contributed by atoms with Crippen molar-refractivity contribution in [1.82, 2.24) is 9.97 Å². The number of aliphatic hydroxyl groups is 4. The summed E-state index contributed by atoms with van der Waals surface area (Å²) in [6.07, 6.45) is 10.6. The van der Waals surface area contributed by atoms with Gasteiger partial charge in [0.15, 0.2) is 11.5 Å². The van der Waals surface area contributed by atoms with Crippen molar-refractivity contribution in [3.8, 4) is 23.3 Å². The number of phenols is 1. The number of hydrogen-bond donors (Lipinski definition) is 6. The fraction of sp³-hybridized carbons (Fsp3) is 0.486. The number of fused-ring (bicyclic) bond motifs is 1. The van der Waals surface area contributed by atoms with Gasteiger partial charge in [0.2, 0.25) is 0 Å². The Kier molecular flexibility index (Phi) is 11.8. The Morgan fingerprint density at radius 1 is 1.02 bits per heavy atom. The molecule has 8 atom stereocenters. The molecule has 2 aromatic heterocycles. The van der Waals surface area contributed by atoms with Crippen LogP contribution in [0.4, 0.5) is 5.82 Å². The Morgan fingerprint density at radius 2 is 1.87 bits per heavy atom. The molecule has 5 rings (SSSR count). The van der Waals surface area contributed by atoms with E-state index in [2.05, 4.69) is 21.8 Å². The third kappa shape index (κ3) is 8.71. The molecule has 0 bridgehead atoms. The van der Waals surface area contributed by atoms with Gasteiger partial charge in [-0.15, -0.1) is 0 Å². The zero-order valence-electron chi connectivity index (χ0n) is 26.2. The average Bonchev–Trinajstić information content (AvgIpc) is 3.50. The molecule has 0 amide bonds. The van der Waals surface area contributed by atoms with Crippen LogP contribution in [0.3, 0.4) is 0 Å². The van der Waals surface area contributed by atoms with E-state index >= 15 is 0 Å². The van der Waals surface area contributed by atoms with Gasteiger partial charge in [-0.1, -0.05) is 55.0 Å². The highest BCUT2D eigenvalue weighted by molar-refractivity contribution is 5.44. The molecule has 8 unspecified atom stereocenters. The summed E-state index contributed by atoms with van der Waals surface area (Å²) in [4.78, 5) is 8.54. The summed E-state index contributed by atoms with van der Waals surface area (Å²) in [5.74, 6) is 6.32. The minimum Gasteiger partial charge on any atom is -0.668 e.